The van der Waals surface area contributed by atoms with Gasteiger partial charge in [0.05, 0.1) is 31.7 Å². The molecule has 0 bridgehead atoms. The first kappa shape index (κ1) is 28.3. The molecule has 3 heterocycles. The van der Waals surface area contributed by atoms with Gasteiger partial charge in [0.2, 0.25) is 5.88 Å². The van der Waals surface area contributed by atoms with Crippen molar-refractivity contribution in [1.82, 2.24) is 24.5 Å². The van der Waals surface area contributed by atoms with E-state index in [0.717, 1.165) is 24.6 Å². The van der Waals surface area contributed by atoms with Crippen molar-refractivity contribution in [1.29, 1.82) is 0 Å². The Morgan fingerprint density at radius 1 is 1.00 bits per heavy atom. The lowest BCUT2D eigenvalue weighted by molar-refractivity contribution is -0.140. The van der Waals surface area contributed by atoms with Crippen molar-refractivity contribution in [3.05, 3.63) is 65.8 Å². The second-order valence-corrected chi connectivity index (χ2v) is 10.2. The SMILES string of the molecule is COc1cnc(-c2c(OC)ncnc2C2CC2)c(F)c1NC(C)c1ccc(-c2nc(C(F)(F)F)cn2C(C)C)cc1. The fourth-order valence-electron chi connectivity index (χ4n) is 4.72. The Morgan fingerprint density at radius 2 is 1.71 bits per heavy atom. The number of alkyl halides is 3. The summed E-state index contributed by atoms with van der Waals surface area (Å²) in [5.41, 5.74) is 1.62. The summed E-state index contributed by atoms with van der Waals surface area (Å²) in [6, 6.07) is 6.31. The van der Waals surface area contributed by atoms with Crippen LogP contribution in [-0.2, 0) is 6.18 Å². The minimum atomic E-state index is -4.55. The van der Waals surface area contributed by atoms with Crippen molar-refractivity contribution in [2.75, 3.05) is 19.5 Å². The van der Waals surface area contributed by atoms with Gasteiger partial charge in [0.15, 0.2) is 17.3 Å². The van der Waals surface area contributed by atoms with E-state index in [-0.39, 0.29) is 40.8 Å². The zero-order valence-corrected chi connectivity index (χ0v) is 23.3. The van der Waals surface area contributed by atoms with Crippen LogP contribution in [0.15, 0.2) is 43.0 Å². The summed E-state index contributed by atoms with van der Waals surface area (Å²) in [6.07, 6.45) is 1.20. The predicted molar refractivity (Wildman–Crippen MR) is 145 cm³/mol. The maximum absolute atomic E-state index is 16.1. The van der Waals surface area contributed by atoms with Crippen molar-refractivity contribution < 1.29 is 27.0 Å². The number of imidazole rings is 1. The molecule has 1 aromatic carbocycles. The molecule has 0 saturated heterocycles. The van der Waals surface area contributed by atoms with Gasteiger partial charge in [-0.3, -0.25) is 0 Å². The van der Waals surface area contributed by atoms with Crippen LogP contribution in [0.1, 0.15) is 68.6 Å². The van der Waals surface area contributed by atoms with Crippen LogP contribution in [0.2, 0.25) is 0 Å². The molecule has 1 saturated carbocycles. The molecule has 1 fully saturated rings. The van der Waals surface area contributed by atoms with E-state index in [2.05, 4.69) is 25.3 Å². The number of hydrogen-bond donors (Lipinski definition) is 1. The zero-order chi connectivity index (χ0) is 29.5. The van der Waals surface area contributed by atoms with Crippen LogP contribution in [0.5, 0.6) is 11.6 Å². The number of ether oxygens (including phenoxy) is 2. The Balaban J connectivity index is 1.47. The Hall–Kier alpha value is -4.22. The quantitative estimate of drug-likeness (QED) is 0.213. The van der Waals surface area contributed by atoms with Gasteiger partial charge < -0.3 is 19.4 Å². The van der Waals surface area contributed by atoms with E-state index in [0.29, 0.717) is 16.8 Å². The average molecular weight is 571 g/mol. The van der Waals surface area contributed by atoms with E-state index in [1.807, 2.05) is 6.92 Å². The van der Waals surface area contributed by atoms with Crippen LogP contribution < -0.4 is 14.8 Å². The highest BCUT2D eigenvalue weighted by molar-refractivity contribution is 5.75. The van der Waals surface area contributed by atoms with Gasteiger partial charge >= 0.3 is 6.18 Å². The molecular weight excluding hydrogens is 540 g/mol. The van der Waals surface area contributed by atoms with Crippen LogP contribution in [0.3, 0.4) is 0 Å². The van der Waals surface area contributed by atoms with Gasteiger partial charge in [-0.25, -0.2) is 24.3 Å². The van der Waals surface area contributed by atoms with Gasteiger partial charge in [-0.15, -0.1) is 0 Å². The molecule has 0 radical (unpaired) electrons. The highest BCUT2D eigenvalue weighted by Crippen LogP contribution is 2.47. The summed E-state index contributed by atoms with van der Waals surface area (Å²) in [4.78, 5) is 16.8. The predicted octanol–water partition coefficient (Wildman–Crippen LogP) is 7.21. The summed E-state index contributed by atoms with van der Waals surface area (Å²) < 4.78 is 68.5. The van der Waals surface area contributed by atoms with Crippen LogP contribution in [0.25, 0.3) is 22.6 Å². The highest BCUT2D eigenvalue weighted by Gasteiger charge is 2.35. The Labute approximate surface area is 234 Å². The van der Waals surface area contributed by atoms with Crippen molar-refractivity contribution in [2.24, 2.45) is 0 Å². The Bertz CT molecular complexity index is 1550. The number of hydrogen-bond acceptors (Lipinski definition) is 7. The fourth-order valence-corrected chi connectivity index (χ4v) is 4.72. The number of nitrogens with one attached hydrogen (secondary N) is 1. The number of pyridine rings is 1. The summed E-state index contributed by atoms with van der Waals surface area (Å²) in [6.45, 7) is 5.43. The summed E-state index contributed by atoms with van der Waals surface area (Å²) in [5, 5.41) is 3.18. The number of benzene rings is 1. The van der Waals surface area contributed by atoms with Crippen LogP contribution >= 0.6 is 0 Å². The lowest BCUT2D eigenvalue weighted by Crippen LogP contribution is -2.11. The first-order valence-corrected chi connectivity index (χ1v) is 13.2. The van der Waals surface area contributed by atoms with Crippen molar-refractivity contribution in [2.45, 2.75) is 57.8 Å². The summed E-state index contributed by atoms with van der Waals surface area (Å²) >= 11 is 0. The van der Waals surface area contributed by atoms with Gasteiger partial charge in [0.25, 0.3) is 0 Å². The molecule has 5 rings (SSSR count). The maximum atomic E-state index is 16.1. The molecule has 3 aromatic heterocycles. The third kappa shape index (κ3) is 5.55. The van der Waals surface area contributed by atoms with E-state index in [4.69, 9.17) is 9.47 Å². The first-order valence-electron chi connectivity index (χ1n) is 13.2. The number of nitrogens with zero attached hydrogens (tertiary/aromatic N) is 5. The highest BCUT2D eigenvalue weighted by atomic mass is 19.4. The normalized spacial score (nSPS) is 14.3. The average Bonchev–Trinajstić information content (AvgIpc) is 3.69. The molecule has 0 amide bonds. The molecule has 8 nitrogen and oxygen atoms in total. The second-order valence-electron chi connectivity index (χ2n) is 10.2. The molecule has 0 spiro atoms. The fraction of sp³-hybridized carbons (Fsp3) is 0.379. The van der Waals surface area contributed by atoms with Crippen LogP contribution in [0.4, 0.5) is 23.2 Å². The lowest BCUT2D eigenvalue weighted by Gasteiger charge is -2.20. The molecular formula is C29H30F4N6O2. The number of aromatic nitrogens is 5. The van der Waals surface area contributed by atoms with Gasteiger partial charge in [0, 0.05) is 29.8 Å². The van der Waals surface area contributed by atoms with E-state index in [9.17, 15) is 13.2 Å². The molecule has 1 atom stereocenters. The van der Waals surface area contributed by atoms with Gasteiger partial charge in [-0.1, -0.05) is 24.3 Å². The number of halogens is 4. The molecule has 12 heteroatoms. The van der Waals surface area contributed by atoms with Gasteiger partial charge in [-0.2, -0.15) is 13.2 Å². The first-order chi connectivity index (χ1) is 19.5. The monoisotopic (exact) mass is 570 g/mol. The number of rotatable bonds is 9. The molecule has 41 heavy (non-hydrogen) atoms. The van der Waals surface area contributed by atoms with Crippen LogP contribution in [-0.4, -0.2) is 38.7 Å². The molecule has 1 aliphatic rings. The summed E-state index contributed by atoms with van der Waals surface area (Å²) in [7, 11) is 2.89. The third-order valence-electron chi connectivity index (χ3n) is 7.05. The van der Waals surface area contributed by atoms with E-state index < -0.39 is 23.7 Å². The number of anilines is 1. The molecule has 0 aliphatic heterocycles. The van der Waals surface area contributed by atoms with Crippen molar-refractivity contribution in [3.63, 3.8) is 0 Å². The largest absolute Gasteiger partial charge is 0.493 e. The zero-order valence-electron chi connectivity index (χ0n) is 23.3. The minimum Gasteiger partial charge on any atom is -0.493 e. The van der Waals surface area contributed by atoms with Crippen LogP contribution in [0, 0.1) is 5.82 Å². The van der Waals surface area contributed by atoms with Crippen molar-refractivity contribution >= 4 is 5.69 Å². The second kappa shape index (κ2) is 11.0. The lowest BCUT2D eigenvalue weighted by atomic mass is 10.0. The maximum Gasteiger partial charge on any atom is 0.434 e. The molecule has 1 unspecified atom stereocenters. The minimum absolute atomic E-state index is 0.0520. The standard InChI is InChI=1S/C29H30F4N6O2/c1-15(2)39-13-21(29(31,32)33)38-27(39)19-10-6-17(7-11-19)16(3)37-25-20(40-4)12-34-26(23(25)30)22-24(18-8-9-18)35-14-36-28(22)41-5/h6-7,10-16,18H,8-9H2,1-5H3,(H,34,37). The Kier molecular flexibility index (Phi) is 7.58. The molecule has 216 valence electrons. The third-order valence-corrected chi connectivity index (χ3v) is 7.05. The smallest absolute Gasteiger partial charge is 0.434 e. The van der Waals surface area contributed by atoms with Gasteiger partial charge in [0.1, 0.15) is 23.5 Å². The molecule has 4 aromatic rings. The Morgan fingerprint density at radius 3 is 2.29 bits per heavy atom. The van der Waals surface area contributed by atoms with Gasteiger partial charge in [-0.05, 0) is 39.2 Å². The van der Waals surface area contributed by atoms with E-state index in [1.54, 1.807) is 38.1 Å². The summed E-state index contributed by atoms with van der Waals surface area (Å²) in [5.74, 6) is 0.217. The molecule has 1 aliphatic carbocycles. The van der Waals surface area contributed by atoms with Crippen molar-refractivity contribution in [3.8, 4) is 34.3 Å². The van der Waals surface area contributed by atoms with E-state index in [1.165, 1.54) is 31.3 Å². The van der Waals surface area contributed by atoms with E-state index >= 15 is 4.39 Å². The molecule has 1 N–H and O–H groups in total. The topological polar surface area (TPSA) is 87.0 Å². The number of methoxy groups -OCH3 is 2.